The zero-order chi connectivity index (χ0) is 17.9. The smallest absolute Gasteiger partial charge is 0.171 e. The molecule has 1 spiro atoms. The Morgan fingerprint density at radius 3 is 2.48 bits per heavy atom. The van der Waals surface area contributed by atoms with Crippen LogP contribution in [0.15, 0.2) is 30.4 Å². The van der Waals surface area contributed by atoms with E-state index >= 15 is 0 Å². The molecule has 0 aromatic heterocycles. The summed E-state index contributed by atoms with van der Waals surface area (Å²) >= 11 is 0. The van der Waals surface area contributed by atoms with E-state index < -0.39 is 11.9 Å². The minimum absolute atomic E-state index is 0.382. The summed E-state index contributed by atoms with van der Waals surface area (Å²) in [5, 5.41) is 11.1. The van der Waals surface area contributed by atoms with Crippen molar-refractivity contribution in [2.75, 3.05) is 27.4 Å². The maximum Gasteiger partial charge on any atom is 0.171 e. The maximum atomic E-state index is 11.1. The Bertz CT molecular complexity index is 621. The van der Waals surface area contributed by atoms with E-state index in [-0.39, 0.29) is 5.41 Å². The van der Waals surface area contributed by atoms with Gasteiger partial charge in [-0.1, -0.05) is 18.2 Å². The number of benzene rings is 1. The normalized spacial score (nSPS) is 28.6. The minimum atomic E-state index is -0.616. The van der Waals surface area contributed by atoms with Crippen LogP contribution in [0.5, 0.6) is 11.5 Å². The Morgan fingerprint density at radius 2 is 1.88 bits per heavy atom. The lowest BCUT2D eigenvalue weighted by molar-refractivity contribution is -0.209. The summed E-state index contributed by atoms with van der Waals surface area (Å²) in [6.07, 6.45) is 6.39. The number of hydrogen-bond acceptors (Lipinski definition) is 5. The average Bonchev–Trinajstić information content (AvgIpc) is 3.09. The van der Waals surface area contributed by atoms with E-state index in [1.54, 1.807) is 14.2 Å². The summed E-state index contributed by atoms with van der Waals surface area (Å²) in [6, 6.07) is 5.92. The third kappa shape index (κ3) is 3.28. The standard InChI is InChI=1S/C20H28O5/c1-4-5-8-19(15-6-7-16(22-2)17(13-15)23-3)9-10-20(14-18(19)21)24-11-12-25-20/h4-7,13,18,21H,8-12,14H2,1-3H3/b5-4+/t18-,19-/m1/s1. The first kappa shape index (κ1) is 18.2. The summed E-state index contributed by atoms with van der Waals surface area (Å²) in [7, 11) is 3.26. The highest BCUT2D eigenvalue weighted by atomic mass is 16.7. The first-order chi connectivity index (χ1) is 12.1. The van der Waals surface area contributed by atoms with E-state index in [1.165, 1.54) is 0 Å². The summed E-state index contributed by atoms with van der Waals surface area (Å²) in [4.78, 5) is 0. The van der Waals surface area contributed by atoms with Gasteiger partial charge in [-0.15, -0.1) is 0 Å². The molecule has 0 radical (unpaired) electrons. The lowest BCUT2D eigenvalue weighted by Crippen LogP contribution is -2.51. The fourth-order valence-electron chi connectivity index (χ4n) is 4.10. The van der Waals surface area contributed by atoms with Gasteiger partial charge in [0.1, 0.15) is 0 Å². The molecule has 5 nitrogen and oxygen atoms in total. The van der Waals surface area contributed by atoms with Gasteiger partial charge < -0.3 is 24.1 Å². The first-order valence-electron chi connectivity index (χ1n) is 8.89. The highest BCUT2D eigenvalue weighted by Gasteiger charge is 2.52. The second-order valence-electron chi connectivity index (χ2n) is 6.83. The Kier molecular flexibility index (Phi) is 5.37. The predicted molar refractivity (Wildman–Crippen MR) is 95.1 cm³/mol. The molecule has 1 saturated heterocycles. The molecule has 5 heteroatoms. The third-order valence-electron chi connectivity index (χ3n) is 5.58. The Labute approximate surface area is 149 Å². The number of allylic oxidation sites excluding steroid dienone is 2. The van der Waals surface area contributed by atoms with Crippen molar-refractivity contribution in [3.8, 4) is 11.5 Å². The summed E-state index contributed by atoms with van der Waals surface area (Å²) in [5.74, 6) is 0.757. The Morgan fingerprint density at radius 1 is 1.16 bits per heavy atom. The zero-order valence-electron chi connectivity index (χ0n) is 15.3. The molecule has 25 heavy (non-hydrogen) atoms. The van der Waals surface area contributed by atoms with Gasteiger partial charge >= 0.3 is 0 Å². The lowest BCUT2D eigenvalue weighted by Gasteiger charge is -2.47. The van der Waals surface area contributed by atoms with Crippen molar-refractivity contribution < 1.29 is 24.1 Å². The molecule has 1 heterocycles. The molecule has 1 aliphatic carbocycles. The first-order valence-corrected chi connectivity index (χ1v) is 8.89. The number of aliphatic hydroxyl groups excluding tert-OH is 1. The zero-order valence-corrected chi connectivity index (χ0v) is 15.3. The molecule has 2 fully saturated rings. The van der Waals surface area contributed by atoms with Crippen LogP contribution in [0.1, 0.15) is 38.2 Å². The highest BCUT2D eigenvalue weighted by molar-refractivity contribution is 5.46. The van der Waals surface area contributed by atoms with Crippen LogP contribution in [0.3, 0.4) is 0 Å². The SMILES string of the molecule is C/C=C/C[C@]1(c2ccc(OC)c(OC)c2)CCC2(C[C@H]1O)OCCO2. The van der Waals surface area contributed by atoms with Gasteiger partial charge in [0, 0.05) is 18.3 Å². The molecule has 0 bridgehead atoms. The van der Waals surface area contributed by atoms with Crippen LogP contribution in [0.25, 0.3) is 0 Å². The third-order valence-corrected chi connectivity index (χ3v) is 5.58. The fraction of sp³-hybridized carbons (Fsp3) is 0.600. The molecule has 1 N–H and O–H groups in total. The lowest BCUT2D eigenvalue weighted by atomic mass is 9.64. The largest absolute Gasteiger partial charge is 0.493 e. The van der Waals surface area contributed by atoms with Gasteiger partial charge in [0.15, 0.2) is 17.3 Å². The second kappa shape index (κ2) is 7.36. The van der Waals surface area contributed by atoms with Crippen molar-refractivity contribution in [3.05, 3.63) is 35.9 Å². The van der Waals surface area contributed by atoms with Crippen LogP contribution in [0.2, 0.25) is 0 Å². The monoisotopic (exact) mass is 348 g/mol. The fourth-order valence-corrected chi connectivity index (χ4v) is 4.10. The van der Waals surface area contributed by atoms with Crippen LogP contribution < -0.4 is 9.47 Å². The van der Waals surface area contributed by atoms with E-state index in [1.807, 2.05) is 31.2 Å². The summed E-state index contributed by atoms with van der Waals surface area (Å²) < 4.78 is 22.5. The second-order valence-corrected chi connectivity index (χ2v) is 6.83. The molecule has 2 aliphatic rings. The van der Waals surface area contributed by atoms with Crippen LogP contribution >= 0.6 is 0 Å². The minimum Gasteiger partial charge on any atom is -0.493 e. The van der Waals surface area contributed by atoms with Crippen molar-refractivity contribution in [3.63, 3.8) is 0 Å². The van der Waals surface area contributed by atoms with Gasteiger partial charge in [-0.3, -0.25) is 0 Å². The van der Waals surface area contributed by atoms with Gasteiger partial charge in [0.2, 0.25) is 0 Å². The van der Waals surface area contributed by atoms with Crippen molar-refractivity contribution in [2.24, 2.45) is 0 Å². The maximum absolute atomic E-state index is 11.1. The van der Waals surface area contributed by atoms with Crippen LogP contribution in [-0.4, -0.2) is 44.4 Å². The molecule has 1 aromatic rings. The highest BCUT2D eigenvalue weighted by Crippen LogP contribution is 2.49. The van der Waals surface area contributed by atoms with Crippen molar-refractivity contribution >= 4 is 0 Å². The number of hydrogen-bond donors (Lipinski definition) is 1. The van der Waals surface area contributed by atoms with Crippen LogP contribution in [0.4, 0.5) is 0 Å². The van der Waals surface area contributed by atoms with Crippen molar-refractivity contribution in [2.45, 2.75) is 49.9 Å². The molecule has 0 unspecified atom stereocenters. The van der Waals surface area contributed by atoms with Gasteiger partial charge in [-0.2, -0.15) is 0 Å². The molecule has 2 atom stereocenters. The Hall–Kier alpha value is -1.56. The number of rotatable bonds is 5. The molecule has 1 saturated carbocycles. The van der Waals surface area contributed by atoms with Crippen LogP contribution in [-0.2, 0) is 14.9 Å². The predicted octanol–water partition coefficient (Wildman–Crippen LogP) is 3.20. The quantitative estimate of drug-likeness (QED) is 0.828. The number of methoxy groups -OCH3 is 2. The number of ether oxygens (including phenoxy) is 4. The van der Waals surface area contributed by atoms with Gasteiger partial charge in [-0.25, -0.2) is 0 Å². The van der Waals surface area contributed by atoms with E-state index in [0.717, 1.165) is 24.8 Å². The number of aliphatic hydroxyl groups is 1. The van der Waals surface area contributed by atoms with Gasteiger partial charge in [0.25, 0.3) is 0 Å². The topological polar surface area (TPSA) is 57.2 Å². The van der Waals surface area contributed by atoms with E-state index in [4.69, 9.17) is 18.9 Å². The molecule has 0 amide bonds. The van der Waals surface area contributed by atoms with E-state index in [2.05, 4.69) is 6.08 Å². The molecule has 1 aliphatic heterocycles. The molecular weight excluding hydrogens is 320 g/mol. The van der Waals surface area contributed by atoms with Gasteiger partial charge in [0.05, 0.1) is 33.5 Å². The van der Waals surface area contributed by atoms with E-state index in [9.17, 15) is 5.11 Å². The molecular formula is C20H28O5. The van der Waals surface area contributed by atoms with Crippen LogP contribution in [0, 0.1) is 0 Å². The average molecular weight is 348 g/mol. The molecule has 3 rings (SSSR count). The molecule has 1 aromatic carbocycles. The molecule has 138 valence electrons. The summed E-state index contributed by atoms with van der Waals surface area (Å²) in [6.45, 7) is 3.21. The summed E-state index contributed by atoms with van der Waals surface area (Å²) in [5.41, 5.74) is 0.677. The van der Waals surface area contributed by atoms with E-state index in [0.29, 0.717) is 31.1 Å². The van der Waals surface area contributed by atoms with Gasteiger partial charge in [-0.05, 0) is 37.5 Å². The van der Waals surface area contributed by atoms with Crippen molar-refractivity contribution in [1.29, 1.82) is 0 Å². The Balaban J connectivity index is 1.97. The van der Waals surface area contributed by atoms with Crippen molar-refractivity contribution in [1.82, 2.24) is 0 Å².